The molecule has 2 heterocycles. The highest BCUT2D eigenvalue weighted by molar-refractivity contribution is 6.28. The number of nitrogens with one attached hydrogen (secondary N) is 1. The lowest BCUT2D eigenvalue weighted by atomic mass is 10.3. The van der Waals surface area contributed by atoms with Crippen LogP contribution in [0.5, 0.6) is 0 Å². The predicted molar refractivity (Wildman–Crippen MR) is 39.2 cm³/mol. The molecule has 0 radical (unpaired) electrons. The number of hydrogen-bond acceptors (Lipinski definition) is 4. The smallest absolute Gasteiger partial charge is 0.265 e. The molecule has 12 heavy (non-hydrogen) atoms. The summed E-state index contributed by atoms with van der Waals surface area (Å²) in [7, 11) is 0. The van der Waals surface area contributed by atoms with Gasteiger partial charge in [0.2, 0.25) is 5.28 Å². The van der Waals surface area contributed by atoms with Crippen molar-refractivity contribution in [1.29, 1.82) is 0 Å². The largest absolute Gasteiger partial charge is 0.300 e. The Morgan fingerprint density at radius 2 is 2.33 bits per heavy atom. The average molecular weight is 184 g/mol. The Balaban J connectivity index is 2.39. The fourth-order valence-electron chi connectivity index (χ4n) is 0.764. The molecule has 0 fully saturated rings. The standard InChI is InChI=1S/C5H2ClN5O/c6-5-8-3(9-11-5)2-1-7-10-4(2)12/h1H,(H,8,9,11). The van der Waals surface area contributed by atoms with E-state index in [2.05, 4.69) is 25.4 Å². The van der Waals surface area contributed by atoms with Crippen LogP contribution in [-0.4, -0.2) is 21.1 Å². The highest BCUT2D eigenvalue weighted by atomic mass is 35.5. The molecule has 0 unspecified atom stereocenters. The molecule has 0 saturated carbocycles. The summed E-state index contributed by atoms with van der Waals surface area (Å²) >= 11 is 5.46. The van der Waals surface area contributed by atoms with E-state index in [1.54, 1.807) is 0 Å². The Labute approximate surface area is 71.4 Å². The van der Waals surface area contributed by atoms with Crippen LogP contribution in [-0.2, 0) is 4.79 Å². The number of hydrogen-bond donors (Lipinski definition) is 1. The van der Waals surface area contributed by atoms with Crippen LogP contribution in [0.25, 0.3) is 5.57 Å². The molecule has 1 aromatic heterocycles. The Morgan fingerprint density at radius 1 is 1.50 bits per heavy atom. The predicted octanol–water partition coefficient (Wildman–Crippen LogP) is 0.791. The van der Waals surface area contributed by atoms with Crippen LogP contribution in [0, 0.1) is 0 Å². The third-order valence-corrected chi connectivity index (χ3v) is 1.43. The molecule has 0 saturated heterocycles. The van der Waals surface area contributed by atoms with E-state index in [0.717, 1.165) is 0 Å². The first-order valence-electron chi connectivity index (χ1n) is 3.01. The van der Waals surface area contributed by atoms with Gasteiger partial charge in [0.1, 0.15) is 5.57 Å². The number of aromatic amines is 1. The molecule has 0 aromatic carbocycles. The average Bonchev–Trinajstić information content (AvgIpc) is 2.58. The Hall–Kier alpha value is -1.56. The number of rotatable bonds is 1. The molecule has 0 aliphatic carbocycles. The van der Waals surface area contributed by atoms with E-state index in [4.69, 9.17) is 11.6 Å². The molecular weight excluding hydrogens is 182 g/mol. The second-order valence-corrected chi connectivity index (χ2v) is 2.37. The SMILES string of the molecule is O=C1N=NC=C1c1n[nH]c(Cl)n1. The third kappa shape index (κ3) is 1.02. The molecular formula is C5H2ClN5O. The maximum absolute atomic E-state index is 10.9. The van der Waals surface area contributed by atoms with Crippen molar-refractivity contribution in [3.8, 4) is 0 Å². The molecule has 1 aliphatic heterocycles. The van der Waals surface area contributed by atoms with Gasteiger partial charge < -0.3 is 0 Å². The lowest BCUT2D eigenvalue weighted by Gasteiger charge is -1.85. The van der Waals surface area contributed by atoms with E-state index in [0.29, 0.717) is 0 Å². The van der Waals surface area contributed by atoms with Crippen LogP contribution in [0.2, 0.25) is 5.28 Å². The minimum absolute atomic E-state index is 0.130. The van der Waals surface area contributed by atoms with Gasteiger partial charge in [0.05, 0.1) is 6.20 Å². The first-order chi connectivity index (χ1) is 5.77. The normalized spacial score (nSPS) is 15.4. The van der Waals surface area contributed by atoms with Crippen molar-refractivity contribution < 1.29 is 4.79 Å². The summed E-state index contributed by atoms with van der Waals surface area (Å²) in [4.78, 5) is 14.7. The van der Waals surface area contributed by atoms with E-state index in [1.165, 1.54) is 6.20 Å². The van der Waals surface area contributed by atoms with Crippen LogP contribution in [0.4, 0.5) is 0 Å². The lowest BCUT2D eigenvalue weighted by Crippen LogP contribution is -1.95. The van der Waals surface area contributed by atoms with Crippen molar-refractivity contribution >= 4 is 23.1 Å². The zero-order valence-corrected chi connectivity index (χ0v) is 6.41. The maximum atomic E-state index is 10.9. The highest BCUT2D eigenvalue weighted by Gasteiger charge is 2.19. The van der Waals surface area contributed by atoms with Crippen LogP contribution in [0.1, 0.15) is 5.82 Å². The Kier molecular flexibility index (Phi) is 1.47. The number of aromatic nitrogens is 3. The number of azo groups is 1. The van der Waals surface area contributed by atoms with Gasteiger partial charge in [-0.05, 0) is 11.6 Å². The molecule has 60 valence electrons. The quantitative estimate of drug-likeness (QED) is 0.699. The van der Waals surface area contributed by atoms with E-state index in [-0.39, 0.29) is 16.7 Å². The van der Waals surface area contributed by atoms with Gasteiger partial charge in [-0.25, -0.2) is 5.10 Å². The van der Waals surface area contributed by atoms with Crippen LogP contribution in [0.15, 0.2) is 16.4 Å². The molecule has 0 atom stereocenters. The Bertz CT molecular complexity index is 392. The van der Waals surface area contributed by atoms with Gasteiger partial charge in [-0.2, -0.15) is 15.2 Å². The van der Waals surface area contributed by atoms with Crippen molar-refractivity contribution in [1.82, 2.24) is 15.2 Å². The van der Waals surface area contributed by atoms with E-state index >= 15 is 0 Å². The van der Waals surface area contributed by atoms with Crippen molar-refractivity contribution in [3.05, 3.63) is 17.3 Å². The molecule has 0 spiro atoms. The fraction of sp³-hybridized carbons (Fsp3) is 0. The van der Waals surface area contributed by atoms with E-state index in [1.807, 2.05) is 0 Å². The number of amides is 1. The topological polar surface area (TPSA) is 83.4 Å². The van der Waals surface area contributed by atoms with E-state index < -0.39 is 5.91 Å². The van der Waals surface area contributed by atoms with Crippen molar-refractivity contribution in [3.63, 3.8) is 0 Å². The summed E-state index contributed by atoms with van der Waals surface area (Å²) in [6, 6.07) is 0. The summed E-state index contributed by atoms with van der Waals surface area (Å²) in [5.74, 6) is -0.235. The van der Waals surface area contributed by atoms with Gasteiger partial charge in [-0.3, -0.25) is 4.79 Å². The van der Waals surface area contributed by atoms with Gasteiger partial charge >= 0.3 is 5.91 Å². The molecule has 1 aliphatic rings. The molecule has 1 amide bonds. The highest BCUT2D eigenvalue weighted by Crippen LogP contribution is 2.17. The van der Waals surface area contributed by atoms with Gasteiger partial charge in [-0.1, -0.05) is 0 Å². The summed E-state index contributed by atoms with van der Waals surface area (Å²) in [6.45, 7) is 0. The Morgan fingerprint density at radius 3 is 2.83 bits per heavy atom. The van der Waals surface area contributed by atoms with Gasteiger partial charge in [0.25, 0.3) is 0 Å². The minimum Gasteiger partial charge on any atom is -0.265 e. The first kappa shape index (κ1) is 7.11. The minimum atomic E-state index is -0.453. The number of carbonyl (C=O) groups excluding carboxylic acids is 1. The number of carbonyl (C=O) groups is 1. The van der Waals surface area contributed by atoms with Crippen molar-refractivity contribution in [2.24, 2.45) is 10.2 Å². The fourth-order valence-corrected chi connectivity index (χ4v) is 0.886. The number of halogens is 1. The monoisotopic (exact) mass is 183 g/mol. The molecule has 6 nitrogen and oxygen atoms in total. The molecule has 0 bridgehead atoms. The second kappa shape index (κ2) is 2.49. The van der Waals surface area contributed by atoms with Crippen LogP contribution >= 0.6 is 11.6 Å². The second-order valence-electron chi connectivity index (χ2n) is 2.01. The number of nitrogens with zero attached hydrogens (tertiary/aromatic N) is 4. The summed E-state index contributed by atoms with van der Waals surface area (Å²) in [6.07, 6.45) is 1.29. The van der Waals surface area contributed by atoms with Crippen LogP contribution in [0.3, 0.4) is 0 Å². The van der Waals surface area contributed by atoms with Gasteiger partial charge in [0.15, 0.2) is 5.82 Å². The molecule has 2 rings (SSSR count). The lowest BCUT2D eigenvalue weighted by molar-refractivity contribution is -0.112. The van der Waals surface area contributed by atoms with Crippen LogP contribution < -0.4 is 0 Å². The summed E-state index contributed by atoms with van der Waals surface area (Å²) in [5.41, 5.74) is 0.248. The zero-order chi connectivity index (χ0) is 8.55. The first-order valence-corrected chi connectivity index (χ1v) is 3.39. The summed E-state index contributed by atoms with van der Waals surface area (Å²) < 4.78 is 0. The third-order valence-electron chi connectivity index (χ3n) is 1.26. The molecule has 1 N–H and O–H groups in total. The van der Waals surface area contributed by atoms with Crippen molar-refractivity contribution in [2.75, 3.05) is 0 Å². The molecule has 1 aromatic rings. The van der Waals surface area contributed by atoms with Gasteiger partial charge in [0, 0.05) is 0 Å². The summed E-state index contributed by atoms with van der Waals surface area (Å²) in [5, 5.41) is 12.9. The maximum Gasteiger partial charge on any atom is 0.300 e. The molecule has 7 heteroatoms. The zero-order valence-electron chi connectivity index (χ0n) is 5.65. The van der Waals surface area contributed by atoms with Gasteiger partial charge in [-0.15, -0.1) is 5.11 Å². The van der Waals surface area contributed by atoms with Crippen molar-refractivity contribution in [2.45, 2.75) is 0 Å². The number of H-pyrrole nitrogens is 1. The van der Waals surface area contributed by atoms with E-state index in [9.17, 15) is 4.79 Å².